The number of hydrogen-bond acceptors (Lipinski definition) is 8. The Morgan fingerprint density at radius 3 is 1.94 bits per heavy atom. The molecule has 0 spiro atoms. The van der Waals surface area contributed by atoms with Gasteiger partial charge in [0, 0.05) is 13.0 Å². The number of amides is 3. The maximum Gasteiger partial charge on any atom is 0.326 e. The first kappa shape index (κ1) is 30.5. The molecule has 0 aromatic carbocycles. The Labute approximate surface area is 196 Å². The topological polar surface area (TPSA) is 273 Å². The minimum absolute atomic E-state index is 0.0893. The number of aliphatic hydroxyl groups excluding tert-OH is 1. The van der Waals surface area contributed by atoms with Crippen LogP contribution in [0, 0.1) is 5.92 Å². The van der Waals surface area contributed by atoms with Crippen LogP contribution in [0.15, 0.2) is 4.99 Å². The molecular weight excluding hydrogens is 454 g/mol. The van der Waals surface area contributed by atoms with Crippen molar-refractivity contribution >= 4 is 35.6 Å². The first-order valence-electron chi connectivity index (χ1n) is 10.6. The van der Waals surface area contributed by atoms with Gasteiger partial charge in [0.1, 0.15) is 18.1 Å². The molecule has 15 heteroatoms. The van der Waals surface area contributed by atoms with Crippen LogP contribution >= 0.6 is 0 Å². The summed E-state index contributed by atoms with van der Waals surface area (Å²) in [7, 11) is 0. The van der Waals surface area contributed by atoms with Crippen molar-refractivity contribution in [1.82, 2.24) is 16.0 Å². The van der Waals surface area contributed by atoms with Crippen molar-refractivity contribution in [3.8, 4) is 0 Å². The summed E-state index contributed by atoms with van der Waals surface area (Å²) in [4.78, 5) is 63.1. The molecule has 0 saturated heterocycles. The molecular formula is C19H35N7O8. The van der Waals surface area contributed by atoms with E-state index in [1.165, 1.54) is 0 Å². The molecule has 0 radical (unpaired) electrons. The Balaban J connectivity index is 5.07. The summed E-state index contributed by atoms with van der Waals surface area (Å²) in [6.45, 7) is 2.67. The van der Waals surface area contributed by atoms with E-state index < -0.39 is 79.2 Å². The summed E-state index contributed by atoms with van der Waals surface area (Å²) in [6, 6.07) is -5.14. The predicted molar refractivity (Wildman–Crippen MR) is 120 cm³/mol. The Morgan fingerprint density at radius 1 is 0.882 bits per heavy atom. The maximum absolute atomic E-state index is 12.7. The third-order valence-electron chi connectivity index (χ3n) is 4.63. The van der Waals surface area contributed by atoms with Gasteiger partial charge in [0.05, 0.1) is 12.6 Å². The average Bonchev–Trinajstić information content (AvgIpc) is 2.74. The van der Waals surface area contributed by atoms with Gasteiger partial charge in [-0.1, -0.05) is 13.8 Å². The molecule has 12 N–H and O–H groups in total. The minimum atomic E-state index is -1.54. The highest BCUT2D eigenvalue weighted by Gasteiger charge is 2.31. The van der Waals surface area contributed by atoms with E-state index >= 15 is 0 Å². The van der Waals surface area contributed by atoms with Crippen molar-refractivity contribution in [1.29, 1.82) is 0 Å². The highest BCUT2D eigenvalue weighted by atomic mass is 16.4. The number of nitrogens with one attached hydrogen (secondary N) is 3. The van der Waals surface area contributed by atoms with E-state index in [9.17, 15) is 29.1 Å². The lowest BCUT2D eigenvalue weighted by Crippen LogP contribution is -2.59. The van der Waals surface area contributed by atoms with Gasteiger partial charge >= 0.3 is 11.9 Å². The van der Waals surface area contributed by atoms with E-state index in [4.69, 9.17) is 27.4 Å². The fraction of sp³-hybridized carbons (Fsp3) is 0.684. The Kier molecular flexibility index (Phi) is 13.8. The van der Waals surface area contributed by atoms with Crippen LogP contribution in [-0.2, 0) is 24.0 Å². The summed E-state index contributed by atoms with van der Waals surface area (Å²) in [6.07, 6.45) is -0.247. The molecule has 0 heterocycles. The highest BCUT2D eigenvalue weighted by Crippen LogP contribution is 2.05. The van der Waals surface area contributed by atoms with Gasteiger partial charge in [0.2, 0.25) is 17.7 Å². The van der Waals surface area contributed by atoms with Crippen molar-refractivity contribution in [2.75, 3.05) is 13.2 Å². The van der Waals surface area contributed by atoms with E-state index in [0.29, 0.717) is 6.42 Å². The average molecular weight is 490 g/mol. The lowest BCUT2D eigenvalue weighted by Gasteiger charge is -2.26. The first-order valence-corrected chi connectivity index (χ1v) is 10.6. The number of aliphatic imine (C=N–C) groups is 1. The van der Waals surface area contributed by atoms with Gasteiger partial charge in [-0.3, -0.25) is 24.2 Å². The smallest absolute Gasteiger partial charge is 0.326 e. The molecule has 0 aliphatic carbocycles. The van der Waals surface area contributed by atoms with Crippen LogP contribution in [0.2, 0.25) is 0 Å². The maximum atomic E-state index is 12.7. The summed E-state index contributed by atoms with van der Waals surface area (Å²) < 4.78 is 0. The van der Waals surface area contributed by atoms with Gasteiger partial charge in [0.25, 0.3) is 0 Å². The number of nitrogens with zero attached hydrogens (tertiary/aromatic N) is 1. The molecule has 0 aromatic heterocycles. The van der Waals surface area contributed by atoms with Gasteiger partial charge in [-0.05, 0) is 25.2 Å². The Hall–Kier alpha value is -3.46. The van der Waals surface area contributed by atoms with Crippen molar-refractivity contribution in [2.24, 2.45) is 28.1 Å². The van der Waals surface area contributed by atoms with Crippen LogP contribution in [-0.4, -0.2) is 88.3 Å². The van der Waals surface area contributed by atoms with Gasteiger partial charge in [-0.25, -0.2) is 4.79 Å². The molecule has 3 amide bonds. The molecule has 0 fully saturated rings. The van der Waals surface area contributed by atoms with E-state index in [-0.39, 0.29) is 18.9 Å². The summed E-state index contributed by atoms with van der Waals surface area (Å²) >= 11 is 0. The monoisotopic (exact) mass is 489 g/mol. The van der Waals surface area contributed by atoms with Crippen molar-refractivity contribution in [3.05, 3.63) is 0 Å². The van der Waals surface area contributed by atoms with Crippen LogP contribution in [0.1, 0.15) is 39.5 Å². The number of carboxylic acids is 2. The zero-order chi connectivity index (χ0) is 26.4. The SMILES string of the molecule is CC(C)C(NC(=O)C(N)CCCN=C(N)N)C(=O)NC(CO)C(=O)NC(CCC(=O)O)C(=O)O. The third-order valence-corrected chi connectivity index (χ3v) is 4.63. The van der Waals surface area contributed by atoms with Gasteiger partial charge in [0.15, 0.2) is 5.96 Å². The fourth-order valence-electron chi connectivity index (χ4n) is 2.70. The lowest BCUT2D eigenvalue weighted by molar-refractivity contribution is -0.143. The Bertz CT molecular complexity index is 755. The second-order valence-electron chi connectivity index (χ2n) is 7.86. The molecule has 194 valence electrons. The molecule has 0 aliphatic rings. The summed E-state index contributed by atoms with van der Waals surface area (Å²) in [5, 5.41) is 34.2. The van der Waals surface area contributed by atoms with E-state index in [0.717, 1.165) is 0 Å². The van der Waals surface area contributed by atoms with Crippen LogP contribution < -0.4 is 33.2 Å². The number of hydrogen-bond donors (Lipinski definition) is 9. The second-order valence-corrected chi connectivity index (χ2v) is 7.86. The number of aliphatic hydroxyl groups is 1. The molecule has 4 unspecified atom stereocenters. The van der Waals surface area contributed by atoms with Gasteiger partial charge < -0.3 is 48.5 Å². The lowest BCUT2D eigenvalue weighted by atomic mass is 10.0. The second kappa shape index (κ2) is 15.4. The van der Waals surface area contributed by atoms with Crippen molar-refractivity contribution in [3.63, 3.8) is 0 Å². The molecule has 0 bridgehead atoms. The molecule has 34 heavy (non-hydrogen) atoms. The Morgan fingerprint density at radius 2 is 1.47 bits per heavy atom. The van der Waals surface area contributed by atoms with Gasteiger partial charge in [-0.2, -0.15) is 0 Å². The quantitative estimate of drug-likeness (QED) is 0.0580. The number of carbonyl (C=O) groups excluding carboxylic acids is 3. The normalized spacial score (nSPS) is 14.3. The van der Waals surface area contributed by atoms with Gasteiger partial charge in [-0.15, -0.1) is 0 Å². The number of rotatable bonds is 16. The fourth-order valence-corrected chi connectivity index (χ4v) is 2.70. The van der Waals surface area contributed by atoms with Crippen molar-refractivity contribution < 1.29 is 39.3 Å². The van der Waals surface area contributed by atoms with Crippen LogP contribution in [0.4, 0.5) is 0 Å². The first-order chi connectivity index (χ1) is 15.8. The predicted octanol–water partition coefficient (Wildman–Crippen LogP) is -3.58. The van der Waals surface area contributed by atoms with E-state index in [1.807, 2.05) is 0 Å². The van der Waals surface area contributed by atoms with E-state index in [2.05, 4.69) is 20.9 Å². The van der Waals surface area contributed by atoms with Crippen molar-refractivity contribution in [2.45, 2.75) is 63.7 Å². The number of carboxylic acid groups (broad SMARTS) is 2. The number of guanidine groups is 1. The summed E-state index contributed by atoms with van der Waals surface area (Å²) in [5.41, 5.74) is 16.3. The summed E-state index contributed by atoms with van der Waals surface area (Å²) in [5.74, 6) is -5.70. The highest BCUT2D eigenvalue weighted by molar-refractivity contribution is 5.94. The van der Waals surface area contributed by atoms with Crippen LogP contribution in [0.3, 0.4) is 0 Å². The number of carbonyl (C=O) groups is 5. The molecule has 0 aliphatic heterocycles. The number of nitrogens with two attached hydrogens (primary N) is 3. The zero-order valence-corrected chi connectivity index (χ0v) is 19.2. The standard InChI is InChI=1S/C19H35N7O8/c1-9(2)14(26-15(30)10(20)4-3-7-23-19(21)22)17(32)25-12(8-27)16(31)24-11(18(33)34)5-6-13(28)29/h9-12,14,27H,3-8,20H2,1-2H3,(H,24,31)(H,25,32)(H,26,30)(H,28,29)(H,33,34)(H4,21,22,23). The largest absolute Gasteiger partial charge is 0.481 e. The molecule has 15 nitrogen and oxygen atoms in total. The van der Waals surface area contributed by atoms with Crippen LogP contribution in [0.5, 0.6) is 0 Å². The van der Waals surface area contributed by atoms with Crippen LogP contribution in [0.25, 0.3) is 0 Å². The minimum Gasteiger partial charge on any atom is -0.481 e. The zero-order valence-electron chi connectivity index (χ0n) is 19.2. The molecule has 0 aromatic rings. The third kappa shape index (κ3) is 12.0. The molecule has 0 rings (SSSR count). The molecule has 4 atom stereocenters. The molecule has 0 saturated carbocycles. The van der Waals surface area contributed by atoms with E-state index in [1.54, 1.807) is 13.8 Å². The number of aliphatic carboxylic acids is 2.